The minimum absolute atomic E-state index is 0.180. The molecule has 182 valence electrons. The van der Waals surface area contributed by atoms with Crippen molar-refractivity contribution in [1.82, 2.24) is 30.8 Å². The van der Waals surface area contributed by atoms with Crippen LogP contribution in [0.3, 0.4) is 0 Å². The molecule has 0 radical (unpaired) electrons. The topological polar surface area (TPSA) is 118 Å². The Kier molecular flexibility index (Phi) is 7.19. The zero-order valence-corrected chi connectivity index (χ0v) is 19.5. The Balaban J connectivity index is 1.19. The molecule has 1 unspecified atom stereocenters. The number of fused-ring (bicyclic) bond motifs is 1. The lowest BCUT2D eigenvalue weighted by Crippen LogP contribution is -2.51. The average Bonchev–Trinajstić information content (AvgIpc) is 2.85. The Morgan fingerprint density at radius 1 is 1.12 bits per heavy atom. The third-order valence-corrected chi connectivity index (χ3v) is 6.66. The van der Waals surface area contributed by atoms with Crippen LogP contribution in [0, 0.1) is 0 Å². The van der Waals surface area contributed by atoms with Crippen molar-refractivity contribution >= 4 is 17.7 Å². The van der Waals surface area contributed by atoms with Gasteiger partial charge in [-0.25, -0.2) is 4.98 Å². The summed E-state index contributed by atoms with van der Waals surface area (Å²) in [4.78, 5) is 26.5. The molecule has 3 aliphatic heterocycles. The molecule has 0 saturated carbocycles. The first-order chi connectivity index (χ1) is 16.6. The molecule has 1 atom stereocenters. The number of β-amino-alcohol motifs (C(OH)–C–C–N with tert-alkyl or cyclic N) is 1. The van der Waals surface area contributed by atoms with Gasteiger partial charge < -0.3 is 31.3 Å². The number of aromatic nitrogens is 2. The van der Waals surface area contributed by atoms with E-state index in [-0.39, 0.29) is 12.5 Å². The second-order valence-corrected chi connectivity index (χ2v) is 9.29. The van der Waals surface area contributed by atoms with Crippen LogP contribution in [0.4, 0.5) is 11.8 Å². The minimum atomic E-state index is -0.651. The predicted octanol–water partition coefficient (Wildman–Crippen LogP) is -0.581. The monoisotopic (exact) mass is 466 g/mol. The summed E-state index contributed by atoms with van der Waals surface area (Å²) in [6.45, 7) is 7.51. The average molecular weight is 467 g/mol. The summed E-state index contributed by atoms with van der Waals surface area (Å²) in [5.74, 6) is 0.931. The number of aliphatic hydroxyl groups excluding tert-OH is 1. The molecule has 3 aliphatic rings. The van der Waals surface area contributed by atoms with Crippen LogP contribution in [-0.2, 0) is 13.0 Å². The van der Waals surface area contributed by atoms with Gasteiger partial charge in [0.2, 0.25) is 5.95 Å². The van der Waals surface area contributed by atoms with Crippen molar-refractivity contribution in [2.45, 2.75) is 25.1 Å². The van der Waals surface area contributed by atoms with Crippen LogP contribution in [0.1, 0.15) is 21.6 Å². The van der Waals surface area contributed by atoms with Gasteiger partial charge in [0, 0.05) is 71.5 Å². The van der Waals surface area contributed by atoms with Crippen LogP contribution < -0.4 is 26.2 Å². The lowest BCUT2D eigenvalue weighted by atomic mass is 10.00. The van der Waals surface area contributed by atoms with E-state index in [1.165, 1.54) is 11.1 Å². The Morgan fingerprint density at radius 3 is 2.68 bits per heavy atom. The molecule has 2 fully saturated rings. The van der Waals surface area contributed by atoms with Gasteiger partial charge in [-0.05, 0) is 17.5 Å². The van der Waals surface area contributed by atoms with Crippen molar-refractivity contribution in [3.8, 4) is 0 Å². The van der Waals surface area contributed by atoms with Gasteiger partial charge in [-0.3, -0.25) is 9.69 Å². The smallest absolute Gasteiger partial charge is 0.270 e. The number of rotatable bonds is 8. The van der Waals surface area contributed by atoms with Crippen LogP contribution >= 0.6 is 0 Å². The summed E-state index contributed by atoms with van der Waals surface area (Å²) < 4.78 is 0. The lowest BCUT2D eigenvalue weighted by molar-refractivity contribution is 0.0838. The Morgan fingerprint density at radius 2 is 1.91 bits per heavy atom. The number of hydrogen-bond acceptors (Lipinski definition) is 9. The first kappa shape index (κ1) is 23.0. The number of hydrogen-bond donors (Lipinski definition) is 5. The van der Waals surface area contributed by atoms with Crippen molar-refractivity contribution in [1.29, 1.82) is 0 Å². The van der Waals surface area contributed by atoms with Gasteiger partial charge in [0.1, 0.15) is 11.5 Å². The van der Waals surface area contributed by atoms with E-state index in [2.05, 4.69) is 65.3 Å². The molecule has 5 N–H and O–H groups in total. The fraction of sp³-hybridized carbons (Fsp3) is 0.542. The normalized spacial score (nSPS) is 19.7. The molecule has 0 aliphatic carbocycles. The number of aliphatic hydroxyl groups is 1. The lowest BCUT2D eigenvalue weighted by Gasteiger charge is -2.31. The fourth-order valence-electron chi connectivity index (χ4n) is 4.60. The number of piperazine rings is 1. The number of nitrogens with one attached hydrogen (secondary N) is 4. The van der Waals surface area contributed by atoms with Gasteiger partial charge >= 0.3 is 0 Å². The van der Waals surface area contributed by atoms with Crippen LogP contribution in [0.5, 0.6) is 0 Å². The second-order valence-electron chi connectivity index (χ2n) is 9.29. The highest BCUT2D eigenvalue weighted by atomic mass is 16.3. The van der Waals surface area contributed by atoms with Crippen molar-refractivity contribution in [2.24, 2.45) is 0 Å². The molecular formula is C24H34N8O2. The number of carbonyl (C=O) groups excluding carboxylic acids is 1. The number of amides is 1. The molecule has 4 heterocycles. The molecule has 1 amide bonds. The molecular weight excluding hydrogens is 432 g/mol. The third kappa shape index (κ3) is 5.64. The van der Waals surface area contributed by atoms with Crippen molar-refractivity contribution < 1.29 is 9.90 Å². The molecule has 5 rings (SSSR count). The van der Waals surface area contributed by atoms with E-state index in [0.29, 0.717) is 30.0 Å². The van der Waals surface area contributed by atoms with Gasteiger partial charge in [0.15, 0.2) is 0 Å². The highest BCUT2D eigenvalue weighted by Gasteiger charge is 2.23. The highest BCUT2D eigenvalue weighted by Crippen LogP contribution is 2.19. The summed E-state index contributed by atoms with van der Waals surface area (Å²) in [6, 6.07) is 10.4. The standard InChI is InChI=1S/C24H34N8O2/c33-20(16-31-8-5-17-3-1-2-4-18(17)15-31)14-27-23(34)21-11-22(28-19-12-26-13-19)30-24(29-21)32-9-6-25-7-10-32/h1-4,11,19-20,25-26,33H,5-10,12-16H2,(H,27,34)(H,28,29,30). The molecule has 0 spiro atoms. The van der Waals surface area contributed by atoms with E-state index in [9.17, 15) is 9.90 Å². The fourth-order valence-corrected chi connectivity index (χ4v) is 4.60. The van der Waals surface area contributed by atoms with E-state index in [1.807, 2.05) is 0 Å². The number of anilines is 2. The van der Waals surface area contributed by atoms with E-state index in [0.717, 1.165) is 58.8 Å². The SMILES string of the molecule is O=C(NCC(O)CN1CCc2ccccc2C1)c1cc(NC2CNC2)nc(N2CCNCC2)n1. The molecule has 10 heteroatoms. The molecule has 1 aromatic heterocycles. The maximum absolute atomic E-state index is 13.0. The Hall–Kier alpha value is -2.79. The largest absolute Gasteiger partial charge is 0.390 e. The molecule has 1 aromatic carbocycles. The first-order valence-corrected chi connectivity index (χ1v) is 12.2. The van der Waals surface area contributed by atoms with E-state index >= 15 is 0 Å². The maximum Gasteiger partial charge on any atom is 0.270 e. The summed E-state index contributed by atoms with van der Waals surface area (Å²) in [6.07, 6.45) is 0.333. The van der Waals surface area contributed by atoms with E-state index in [4.69, 9.17) is 0 Å². The number of benzene rings is 1. The van der Waals surface area contributed by atoms with Crippen molar-refractivity contribution in [3.05, 3.63) is 47.2 Å². The second kappa shape index (κ2) is 10.6. The summed E-state index contributed by atoms with van der Waals surface area (Å²) in [5, 5.41) is 23.4. The van der Waals surface area contributed by atoms with Crippen molar-refractivity contribution in [2.75, 3.05) is 69.1 Å². The third-order valence-electron chi connectivity index (χ3n) is 6.66. The summed E-state index contributed by atoms with van der Waals surface area (Å²) in [5.41, 5.74) is 3.01. The van der Waals surface area contributed by atoms with E-state index in [1.54, 1.807) is 6.07 Å². The molecule has 0 bridgehead atoms. The molecule has 34 heavy (non-hydrogen) atoms. The van der Waals surface area contributed by atoms with Gasteiger partial charge in [0.25, 0.3) is 5.91 Å². The van der Waals surface area contributed by atoms with Gasteiger partial charge in [-0.1, -0.05) is 24.3 Å². The Labute approximate surface area is 200 Å². The Bertz CT molecular complexity index is 993. The van der Waals surface area contributed by atoms with Crippen LogP contribution in [0.25, 0.3) is 0 Å². The van der Waals surface area contributed by atoms with Crippen LogP contribution in [0.2, 0.25) is 0 Å². The maximum atomic E-state index is 13.0. The number of carbonyl (C=O) groups is 1. The zero-order chi connectivity index (χ0) is 23.3. The molecule has 10 nitrogen and oxygen atoms in total. The number of nitrogens with zero attached hydrogens (tertiary/aromatic N) is 4. The minimum Gasteiger partial charge on any atom is -0.390 e. The molecule has 2 saturated heterocycles. The van der Waals surface area contributed by atoms with Gasteiger partial charge in [0.05, 0.1) is 12.1 Å². The predicted molar refractivity (Wildman–Crippen MR) is 131 cm³/mol. The summed E-state index contributed by atoms with van der Waals surface area (Å²) in [7, 11) is 0. The van der Waals surface area contributed by atoms with Gasteiger partial charge in [-0.15, -0.1) is 0 Å². The quantitative estimate of drug-likeness (QED) is 0.348. The van der Waals surface area contributed by atoms with Crippen LogP contribution in [-0.4, -0.2) is 96.9 Å². The van der Waals surface area contributed by atoms with Crippen LogP contribution in [0.15, 0.2) is 30.3 Å². The summed E-state index contributed by atoms with van der Waals surface area (Å²) >= 11 is 0. The van der Waals surface area contributed by atoms with E-state index < -0.39 is 6.10 Å². The van der Waals surface area contributed by atoms with Gasteiger partial charge in [-0.2, -0.15) is 4.98 Å². The first-order valence-electron chi connectivity index (χ1n) is 12.2. The molecule has 2 aromatic rings. The zero-order valence-electron chi connectivity index (χ0n) is 19.5. The van der Waals surface area contributed by atoms with Crippen molar-refractivity contribution in [3.63, 3.8) is 0 Å². The highest BCUT2D eigenvalue weighted by molar-refractivity contribution is 5.93.